The van der Waals surface area contributed by atoms with Gasteiger partial charge in [0.25, 0.3) is 0 Å². The fourth-order valence-electron chi connectivity index (χ4n) is 1.85. The summed E-state index contributed by atoms with van der Waals surface area (Å²) in [6.07, 6.45) is 0.809. The summed E-state index contributed by atoms with van der Waals surface area (Å²) >= 11 is 3.43. The lowest BCUT2D eigenvalue weighted by molar-refractivity contribution is -0.119. The van der Waals surface area contributed by atoms with Crippen LogP contribution in [0.25, 0.3) is 0 Å². The van der Waals surface area contributed by atoms with Crippen LogP contribution in [0.3, 0.4) is 0 Å². The summed E-state index contributed by atoms with van der Waals surface area (Å²) in [5.74, 6) is 0.380. The van der Waals surface area contributed by atoms with Crippen LogP contribution in [0.15, 0.2) is 22.7 Å². The van der Waals surface area contributed by atoms with Gasteiger partial charge in [-0.25, -0.2) is 4.79 Å². The largest absolute Gasteiger partial charge is 0.496 e. The number of rotatable bonds is 7. The third-order valence-electron chi connectivity index (χ3n) is 3.49. The molecule has 2 atom stereocenters. The highest BCUT2D eigenvalue weighted by Gasteiger charge is 2.12. The van der Waals surface area contributed by atoms with Gasteiger partial charge in [-0.15, -0.1) is 0 Å². The average Bonchev–Trinajstić information content (AvgIpc) is 2.52. The molecule has 0 saturated carbocycles. The van der Waals surface area contributed by atoms with Gasteiger partial charge < -0.3 is 15.4 Å². The first-order valence-electron chi connectivity index (χ1n) is 7.54. The number of nitrogens with one attached hydrogen (secondary N) is 3. The number of hydrogen-bond acceptors (Lipinski definition) is 4. The number of ether oxygens (including phenoxy) is 1. The number of imide groups is 1. The van der Waals surface area contributed by atoms with Crippen LogP contribution in [0.5, 0.6) is 5.75 Å². The average molecular weight is 386 g/mol. The third-order valence-corrected chi connectivity index (χ3v) is 4.11. The number of amides is 3. The Morgan fingerprint density at radius 1 is 1.30 bits per heavy atom. The molecular formula is C16H24BrN3O3. The third kappa shape index (κ3) is 6.58. The predicted molar refractivity (Wildman–Crippen MR) is 93.5 cm³/mol. The van der Waals surface area contributed by atoms with E-state index in [1.807, 2.05) is 39.0 Å². The van der Waals surface area contributed by atoms with Crippen molar-refractivity contribution in [2.45, 2.75) is 39.3 Å². The summed E-state index contributed by atoms with van der Waals surface area (Å²) in [4.78, 5) is 23.3. The van der Waals surface area contributed by atoms with Crippen LogP contribution < -0.4 is 20.7 Å². The van der Waals surface area contributed by atoms with Crippen LogP contribution in [0.2, 0.25) is 0 Å². The van der Waals surface area contributed by atoms with E-state index in [-0.39, 0.29) is 24.5 Å². The van der Waals surface area contributed by atoms with Gasteiger partial charge in [0.1, 0.15) is 5.75 Å². The van der Waals surface area contributed by atoms with Gasteiger partial charge >= 0.3 is 6.03 Å². The van der Waals surface area contributed by atoms with Gasteiger partial charge in [0.2, 0.25) is 5.91 Å². The van der Waals surface area contributed by atoms with E-state index in [1.165, 1.54) is 0 Å². The lowest BCUT2D eigenvalue weighted by atomic mass is 10.1. The molecule has 23 heavy (non-hydrogen) atoms. The second kappa shape index (κ2) is 9.52. The second-order valence-corrected chi connectivity index (χ2v) is 6.18. The molecule has 7 heteroatoms. The Morgan fingerprint density at radius 2 is 2.00 bits per heavy atom. The van der Waals surface area contributed by atoms with Crippen molar-refractivity contribution in [1.82, 2.24) is 16.0 Å². The van der Waals surface area contributed by atoms with Gasteiger partial charge in [-0.3, -0.25) is 10.1 Å². The monoisotopic (exact) mass is 385 g/mol. The molecule has 0 unspecified atom stereocenters. The molecule has 0 aliphatic heterocycles. The molecule has 6 nitrogen and oxygen atoms in total. The van der Waals surface area contributed by atoms with Crippen LogP contribution in [0, 0.1) is 0 Å². The highest BCUT2D eigenvalue weighted by Crippen LogP contribution is 2.27. The zero-order valence-corrected chi connectivity index (χ0v) is 15.5. The molecule has 1 aromatic carbocycles. The molecule has 0 radical (unpaired) electrons. The second-order valence-electron chi connectivity index (χ2n) is 5.33. The minimum absolute atomic E-state index is 0.0336. The SMILES string of the molecule is CC[C@@H](C)NC(=O)NC(=O)CN[C@H](C)c1ccc(OC)c(Br)c1. The Morgan fingerprint density at radius 3 is 2.57 bits per heavy atom. The fraction of sp³-hybridized carbons (Fsp3) is 0.500. The highest BCUT2D eigenvalue weighted by atomic mass is 79.9. The van der Waals surface area contributed by atoms with E-state index in [0.29, 0.717) is 0 Å². The summed E-state index contributed by atoms with van der Waals surface area (Å²) in [7, 11) is 1.61. The van der Waals surface area contributed by atoms with Crippen LogP contribution in [0.4, 0.5) is 4.79 Å². The minimum Gasteiger partial charge on any atom is -0.496 e. The van der Waals surface area contributed by atoms with Gasteiger partial charge in [-0.1, -0.05) is 13.0 Å². The number of urea groups is 1. The summed E-state index contributed by atoms with van der Waals surface area (Å²) in [5, 5.41) is 8.06. The molecule has 0 saturated heterocycles. The maximum Gasteiger partial charge on any atom is 0.321 e. The topological polar surface area (TPSA) is 79.5 Å². The van der Waals surface area contributed by atoms with Crippen LogP contribution >= 0.6 is 15.9 Å². The maximum atomic E-state index is 11.8. The molecule has 0 heterocycles. The molecule has 128 valence electrons. The van der Waals surface area contributed by atoms with Crippen molar-refractivity contribution >= 4 is 27.9 Å². The van der Waals surface area contributed by atoms with Crippen molar-refractivity contribution < 1.29 is 14.3 Å². The first kappa shape index (κ1) is 19.4. The Hall–Kier alpha value is -1.60. The van der Waals surface area contributed by atoms with Gasteiger partial charge in [0.15, 0.2) is 0 Å². The summed E-state index contributed by atoms with van der Waals surface area (Å²) in [6.45, 7) is 5.84. The Bertz CT molecular complexity index is 551. The number of methoxy groups -OCH3 is 1. The Kier molecular flexibility index (Phi) is 8.05. The summed E-state index contributed by atoms with van der Waals surface area (Å²) in [5.41, 5.74) is 1.01. The predicted octanol–water partition coefficient (Wildman–Crippen LogP) is 2.73. The Balaban J connectivity index is 2.46. The van der Waals surface area contributed by atoms with E-state index >= 15 is 0 Å². The van der Waals surface area contributed by atoms with Gasteiger partial charge in [-0.05, 0) is 53.9 Å². The molecule has 0 fully saturated rings. The highest BCUT2D eigenvalue weighted by molar-refractivity contribution is 9.10. The molecule has 1 aromatic rings. The van der Waals surface area contributed by atoms with E-state index in [0.717, 1.165) is 22.2 Å². The van der Waals surface area contributed by atoms with E-state index < -0.39 is 6.03 Å². The molecule has 3 N–H and O–H groups in total. The normalized spacial score (nSPS) is 13.1. The number of halogens is 1. The van der Waals surface area contributed by atoms with Gasteiger partial charge in [-0.2, -0.15) is 0 Å². The molecule has 0 aromatic heterocycles. The molecule has 1 rings (SSSR count). The van der Waals surface area contributed by atoms with E-state index in [9.17, 15) is 9.59 Å². The van der Waals surface area contributed by atoms with Crippen molar-refractivity contribution in [3.8, 4) is 5.75 Å². The van der Waals surface area contributed by atoms with Gasteiger partial charge in [0, 0.05) is 12.1 Å². The molecule has 0 aliphatic rings. The van der Waals surface area contributed by atoms with Crippen LogP contribution in [-0.2, 0) is 4.79 Å². The summed E-state index contributed by atoms with van der Waals surface area (Å²) in [6, 6.07) is 5.24. The van der Waals surface area contributed by atoms with Crippen LogP contribution in [-0.4, -0.2) is 31.6 Å². The van der Waals surface area contributed by atoms with Crippen molar-refractivity contribution in [2.75, 3.05) is 13.7 Å². The zero-order valence-electron chi connectivity index (χ0n) is 13.9. The van der Waals surface area contributed by atoms with E-state index in [4.69, 9.17) is 4.74 Å². The minimum atomic E-state index is -0.467. The zero-order chi connectivity index (χ0) is 17.4. The molecule has 3 amide bonds. The number of carbonyl (C=O) groups excluding carboxylic acids is 2. The Labute approximate surface area is 145 Å². The summed E-state index contributed by atoms with van der Waals surface area (Å²) < 4.78 is 6.04. The van der Waals surface area contributed by atoms with Gasteiger partial charge in [0.05, 0.1) is 18.1 Å². The number of benzene rings is 1. The first-order chi connectivity index (χ1) is 10.9. The number of carbonyl (C=O) groups is 2. The fourth-order valence-corrected chi connectivity index (χ4v) is 2.41. The molecular weight excluding hydrogens is 362 g/mol. The maximum absolute atomic E-state index is 11.8. The van der Waals surface area contributed by atoms with Crippen LogP contribution in [0.1, 0.15) is 38.8 Å². The quantitative estimate of drug-likeness (QED) is 0.673. The number of hydrogen-bond donors (Lipinski definition) is 3. The van der Waals surface area contributed by atoms with E-state index in [2.05, 4.69) is 31.9 Å². The van der Waals surface area contributed by atoms with Crippen molar-refractivity contribution in [3.05, 3.63) is 28.2 Å². The van der Waals surface area contributed by atoms with Crippen molar-refractivity contribution in [2.24, 2.45) is 0 Å². The van der Waals surface area contributed by atoms with Crippen molar-refractivity contribution in [3.63, 3.8) is 0 Å². The first-order valence-corrected chi connectivity index (χ1v) is 8.33. The lowest BCUT2D eigenvalue weighted by Crippen LogP contribution is -2.46. The standard InChI is InChI=1S/C16H24BrN3O3/c1-5-10(2)19-16(22)20-15(21)9-18-11(3)12-6-7-14(23-4)13(17)8-12/h6-8,10-11,18H,5,9H2,1-4H3,(H2,19,20,21,22)/t10-,11-/m1/s1. The van der Waals surface area contributed by atoms with E-state index in [1.54, 1.807) is 7.11 Å². The smallest absolute Gasteiger partial charge is 0.321 e. The lowest BCUT2D eigenvalue weighted by Gasteiger charge is -2.16. The molecule has 0 bridgehead atoms. The molecule has 0 aliphatic carbocycles. The molecule has 0 spiro atoms. The van der Waals surface area contributed by atoms with Crippen molar-refractivity contribution in [1.29, 1.82) is 0 Å².